The van der Waals surface area contributed by atoms with Gasteiger partial charge in [0, 0.05) is 5.02 Å². The Balaban J connectivity index is 2.24. The molecule has 96 valence electrons. The maximum atomic E-state index is 12.4. The standard InChI is InChI=1S/C13H8ClNO3S/c14-9-4-3-5-10(8-9)15-13(16)11-6-1-2-7-12(11)19(15,17)18/h1-8H. The third-order valence-electron chi connectivity index (χ3n) is 2.86. The van der Waals surface area contributed by atoms with Crippen molar-refractivity contribution in [1.82, 2.24) is 0 Å². The summed E-state index contributed by atoms with van der Waals surface area (Å²) in [6, 6.07) is 12.3. The maximum absolute atomic E-state index is 12.4. The molecular weight excluding hydrogens is 286 g/mol. The predicted octanol–water partition coefficient (Wildman–Crippen LogP) is 2.69. The van der Waals surface area contributed by atoms with E-state index in [1.54, 1.807) is 24.3 Å². The van der Waals surface area contributed by atoms with Gasteiger partial charge in [-0.15, -0.1) is 0 Å². The minimum absolute atomic E-state index is 0.0278. The summed E-state index contributed by atoms with van der Waals surface area (Å²) in [6.07, 6.45) is 0. The normalized spacial score (nSPS) is 16.5. The molecule has 1 amide bonds. The van der Waals surface area contributed by atoms with Crippen molar-refractivity contribution in [3.63, 3.8) is 0 Å². The molecule has 0 radical (unpaired) electrons. The number of benzene rings is 2. The molecular formula is C13H8ClNO3S. The third-order valence-corrected chi connectivity index (χ3v) is 4.87. The van der Waals surface area contributed by atoms with Gasteiger partial charge in [-0.1, -0.05) is 29.8 Å². The fraction of sp³-hybridized carbons (Fsp3) is 0. The summed E-state index contributed by atoms with van der Waals surface area (Å²) in [6.45, 7) is 0. The molecule has 2 aromatic rings. The van der Waals surface area contributed by atoms with Crippen molar-refractivity contribution < 1.29 is 13.2 Å². The lowest BCUT2D eigenvalue weighted by Crippen LogP contribution is -2.29. The molecule has 4 nitrogen and oxygen atoms in total. The van der Waals surface area contributed by atoms with Crippen molar-refractivity contribution >= 4 is 33.2 Å². The van der Waals surface area contributed by atoms with Crippen LogP contribution in [0, 0.1) is 0 Å². The van der Waals surface area contributed by atoms with E-state index < -0.39 is 15.9 Å². The first kappa shape index (κ1) is 12.2. The van der Waals surface area contributed by atoms with E-state index in [4.69, 9.17) is 11.6 Å². The summed E-state index contributed by atoms with van der Waals surface area (Å²) < 4.78 is 25.5. The Hall–Kier alpha value is -1.85. The number of sulfonamides is 1. The number of fused-ring (bicyclic) bond motifs is 1. The quantitative estimate of drug-likeness (QED) is 0.812. The Morgan fingerprint density at radius 2 is 1.74 bits per heavy atom. The summed E-state index contributed by atoms with van der Waals surface area (Å²) in [5.41, 5.74) is 0.427. The summed E-state index contributed by atoms with van der Waals surface area (Å²) in [5.74, 6) is -0.558. The first-order valence-corrected chi connectivity index (χ1v) is 7.28. The van der Waals surface area contributed by atoms with Crippen molar-refractivity contribution in [2.45, 2.75) is 4.90 Å². The van der Waals surface area contributed by atoms with E-state index in [1.807, 2.05) is 0 Å². The second kappa shape index (κ2) is 4.08. The smallest absolute Gasteiger partial charge is 0.268 e. The Kier molecular flexibility index (Phi) is 2.62. The molecule has 2 aromatic carbocycles. The van der Waals surface area contributed by atoms with Crippen molar-refractivity contribution in [3.05, 3.63) is 59.1 Å². The number of anilines is 1. The number of carbonyl (C=O) groups is 1. The van der Waals surface area contributed by atoms with Gasteiger partial charge in [0.15, 0.2) is 0 Å². The van der Waals surface area contributed by atoms with Crippen LogP contribution in [-0.4, -0.2) is 14.3 Å². The topological polar surface area (TPSA) is 54.5 Å². The molecule has 0 atom stereocenters. The summed E-state index contributed by atoms with van der Waals surface area (Å²) in [7, 11) is -3.84. The maximum Gasteiger partial charge on any atom is 0.273 e. The number of rotatable bonds is 1. The molecule has 0 bridgehead atoms. The van der Waals surface area contributed by atoms with Gasteiger partial charge in [0.25, 0.3) is 15.9 Å². The van der Waals surface area contributed by atoms with Crippen LogP contribution >= 0.6 is 11.6 Å². The molecule has 1 aliphatic rings. The largest absolute Gasteiger partial charge is 0.273 e. The van der Waals surface area contributed by atoms with Gasteiger partial charge >= 0.3 is 0 Å². The van der Waals surface area contributed by atoms with Crippen molar-refractivity contribution in [2.75, 3.05) is 4.31 Å². The van der Waals surface area contributed by atoms with Crippen LogP contribution in [0.4, 0.5) is 5.69 Å². The van der Waals surface area contributed by atoms with Crippen molar-refractivity contribution in [1.29, 1.82) is 0 Å². The zero-order valence-corrected chi connectivity index (χ0v) is 11.1. The van der Waals surface area contributed by atoms with Crippen LogP contribution in [0.2, 0.25) is 5.02 Å². The van der Waals surface area contributed by atoms with Crippen LogP contribution in [0.3, 0.4) is 0 Å². The average Bonchev–Trinajstić information content (AvgIpc) is 2.58. The molecule has 1 aliphatic heterocycles. The van der Waals surface area contributed by atoms with E-state index in [0.717, 1.165) is 4.31 Å². The Morgan fingerprint density at radius 1 is 1.00 bits per heavy atom. The van der Waals surface area contributed by atoms with E-state index in [1.165, 1.54) is 24.3 Å². The van der Waals surface area contributed by atoms with Gasteiger partial charge in [0.2, 0.25) is 0 Å². The highest BCUT2D eigenvalue weighted by molar-refractivity contribution is 7.94. The van der Waals surface area contributed by atoms with Gasteiger partial charge in [0.1, 0.15) is 4.90 Å². The second-order valence-electron chi connectivity index (χ2n) is 4.05. The van der Waals surface area contributed by atoms with Crippen molar-refractivity contribution in [3.8, 4) is 0 Å². The lowest BCUT2D eigenvalue weighted by Gasteiger charge is -2.15. The summed E-state index contributed by atoms with van der Waals surface area (Å²) in [4.78, 5) is 12.3. The zero-order valence-electron chi connectivity index (χ0n) is 9.58. The predicted molar refractivity (Wildman–Crippen MR) is 71.9 cm³/mol. The Labute approximate surface area is 115 Å². The molecule has 0 saturated heterocycles. The molecule has 6 heteroatoms. The van der Waals surface area contributed by atoms with Gasteiger partial charge in [0.05, 0.1) is 11.3 Å². The molecule has 0 aliphatic carbocycles. The molecule has 19 heavy (non-hydrogen) atoms. The molecule has 0 unspecified atom stereocenters. The van der Waals surface area contributed by atoms with E-state index in [2.05, 4.69) is 0 Å². The molecule has 0 aromatic heterocycles. The van der Waals surface area contributed by atoms with Gasteiger partial charge in [-0.05, 0) is 30.3 Å². The minimum atomic E-state index is -3.84. The van der Waals surface area contributed by atoms with E-state index in [9.17, 15) is 13.2 Å². The number of amides is 1. The van der Waals surface area contributed by atoms with Crippen LogP contribution in [0.5, 0.6) is 0 Å². The molecule has 0 saturated carbocycles. The first-order chi connectivity index (χ1) is 9.01. The monoisotopic (exact) mass is 293 g/mol. The number of hydrogen-bond donors (Lipinski definition) is 0. The van der Waals surface area contributed by atoms with Gasteiger partial charge in [-0.3, -0.25) is 4.79 Å². The van der Waals surface area contributed by atoms with Crippen LogP contribution in [0.15, 0.2) is 53.4 Å². The Bertz CT molecular complexity index is 786. The van der Waals surface area contributed by atoms with Crippen LogP contribution < -0.4 is 4.31 Å². The molecule has 3 rings (SSSR count). The molecule has 0 N–H and O–H groups in total. The van der Waals surface area contributed by atoms with E-state index >= 15 is 0 Å². The highest BCUT2D eigenvalue weighted by Gasteiger charge is 2.41. The highest BCUT2D eigenvalue weighted by atomic mass is 35.5. The Morgan fingerprint density at radius 3 is 2.42 bits per heavy atom. The fourth-order valence-electron chi connectivity index (χ4n) is 2.04. The highest BCUT2D eigenvalue weighted by Crippen LogP contribution is 2.35. The van der Waals surface area contributed by atoms with E-state index in [-0.39, 0.29) is 16.1 Å². The molecule has 0 spiro atoms. The average molecular weight is 294 g/mol. The van der Waals surface area contributed by atoms with Crippen LogP contribution in [-0.2, 0) is 10.0 Å². The van der Waals surface area contributed by atoms with E-state index in [0.29, 0.717) is 5.02 Å². The van der Waals surface area contributed by atoms with Crippen LogP contribution in [0.25, 0.3) is 0 Å². The molecule has 0 fully saturated rings. The lowest BCUT2D eigenvalue weighted by atomic mass is 10.2. The SMILES string of the molecule is O=C1c2ccccc2S(=O)(=O)N1c1cccc(Cl)c1. The lowest BCUT2D eigenvalue weighted by molar-refractivity contribution is 0.101. The number of hydrogen-bond acceptors (Lipinski definition) is 3. The number of carbonyl (C=O) groups excluding carboxylic acids is 1. The summed E-state index contributed by atoms with van der Waals surface area (Å²) in [5, 5.41) is 0.372. The third kappa shape index (κ3) is 1.74. The van der Waals surface area contributed by atoms with Crippen LogP contribution in [0.1, 0.15) is 10.4 Å². The minimum Gasteiger partial charge on any atom is -0.268 e. The fourth-order valence-corrected chi connectivity index (χ4v) is 3.82. The van der Waals surface area contributed by atoms with Gasteiger partial charge < -0.3 is 0 Å². The number of nitrogens with zero attached hydrogens (tertiary/aromatic N) is 1. The van der Waals surface area contributed by atoms with Gasteiger partial charge in [-0.25, -0.2) is 8.42 Å². The second-order valence-corrected chi connectivity index (χ2v) is 6.24. The zero-order chi connectivity index (χ0) is 13.6. The van der Waals surface area contributed by atoms with Crippen molar-refractivity contribution in [2.24, 2.45) is 0 Å². The first-order valence-electron chi connectivity index (χ1n) is 5.46. The molecule has 1 heterocycles. The van der Waals surface area contributed by atoms with Gasteiger partial charge in [-0.2, -0.15) is 4.31 Å². The number of halogens is 1. The summed E-state index contributed by atoms with van der Waals surface area (Å²) >= 11 is 5.84.